The van der Waals surface area contributed by atoms with Crippen LogP contribution >= 0.6 is 0 Å². The summed E-state index contributed by atoms with van der Waals surface area (Å²) in [5.41, 5.74) is 1.37. The quantitative estimate of drug-likeness (QED) is 0.884. The summed E-state index contributed by atoms with van der Waals surface area (Å²) in [6.07, 6.45) is 4.10. The van der Waals surface area contributed by atoms with E-state index in [1.165, 1.54) is 12.8 Å². The van der Waals surface area contributed by atoms with E-state index in [0.717, 1.165) is 30.2 Å². The van der Waals surface area contributed by atoms with Gasteiger partial charge in [-0.3, -0.25) is 4.79 Å². The van der Waals surface area contributed by atoms with Gasteiger partial charge in [0.1, 0.15) is 17.4 Å². The monoisotopic (exact) mass is 352 g/mol. The van der Waals surface area contributed by atoms with E-state index in [1.807, 2.05) is 17.9 Å². The lowest BCUT2D eigenvalue weighted by Crippen LogP contribution is -2.42. The fraction of sp³-hybridized carbons (Fsp3) is 0.450. The van der Waals surface area contributed by atoms with E-state index >= 15 is 0 Å². The first-order valence-corrected chi connectivity index (χ1v) is 9.29. The summed E-state index contributed by atoms with van der Waals surface area (Å²) in [4.78, 5) is 23.6. The highest BCUT2D eigenvalue weighted by Crippen LogP contribution is 2.38. The molecule has 6 heteroatoms. The molecule has 136 valence electrons. The highest BCUT2D eigenvalue weighted by atomic mass is 16.3. The second-order valence-electron chi connectivity index (χ2n) is 7.25. The third-order valence-electron chi connectivity index (χ3n) is 5.08. The van der Waals surface area contributed by atoms with Crippen LogP contribution in [0.2, 0.25) is 0 Å². The second kappa shape index (κ2) is 6.94. The molecule has 2 aromatic rings. The number of nitrogens with one attached hydrogen (secondary N) is 1. The molecule has 2 aliphatic rings. The lowest BCUT2D eigenvalue weighted by Gasteiger charge is -2.33. The van der Waals surface area contributed by atoms with Crippen LogP contribution in [0.3, 0.4) is 0 Å². The van der Waals surface area contributed by atoms with E-state index in [9.17, 15) is 9.90 Å². The van der Waals surface area contributed by atoms with Crippen molar-refractivity contribution in [2.24, 2.45) is 0 Å². The van der Waals surface area contributed by atoms with Gasteiger partial charge in [-0.25, -0.2) is 9.97 Å². The minimum Gasteiger partial charge on any atom is -0.507 e. The molecule has 1 aromatic carbocycles. The number of carbonyl (C=O) groups excluding carboxylic acids is 1. The minimum absolute atomic E-state index is 0.0433. The molecule has 26 heavy (non-hydrogen) atoms. The molecule has 1 aliphatic carbocycles. The molecule has 0 atom stereocenters. The fourth-order valence-corrected chi connectivity index (χ4v) is 3.45. The van der Waals surface area contributed by atoms with E-state index in [-0.39, 0.29) is 11.7 Å². The number of para-hydroxylation sites is 1. The molecule has 0 bridgehead atoms. The molecule has 2 heterocycles. The first-order valence-electron chi connectivity index (χ1n) is 9.29. The van der Waals surface area contributed by atoms with Crippen LogP contribution in [0.15, 0.2) is 30.3 Å². The smallest absolute Gasteiger partial charge is 0.257 e. The molecule has 1 amide bonds. The SMILES string of the molecule is Cc1cc(NC2CCN(C(=O)c3ccccc3O)CC2)nc(C2CC2)n1. The van der Waals surface area contributed by atoms with Gasteiger partial charge in [0.2, 0.25) is 0 Å². The molecule has 2 N–H and O–H groups in total. The lowest BCUT2D eigenvalue weighted by molar-refractivity contribution is 0.0715. The van der Waals surface area contributed by atoms with Crippen LogP contribution in [0, 0.1) is 6.92 Å². The molecular formula is C20H24N4O2. The normalized spacial score (nSPS) is 18.0. The third kappa shape index (κ3) is 3.64. The van der Waals surface area contributed by atoms with E-state index in [1.54, 1.807) is 24.3 Å². The molecule has 1 saturated carbocycles. The zero-order chi connectivity index (χ0) is 18.1. The number of anilines is 1. The fourth-order valence-electron chi connectivity index (χ4n) is 3.45. The van der Waals surface area contributed by atoms with Crippen LogP contribution in [0.1, 0.15) is 53.5 Å². The molecule has 0 spiro atoms. The Morgan fingerprint density at radius 2 is 1.88 bits per heavy atom. The topological polar surface area (TPSA) is 78.4 Å². The highest BCUT2D eigenvalue weighted by molar-refractivity contribution is 5.96. The standard InChI is InChI=1S/C20H24N4O2/c1-13-12-18(23-19(21-13)14-6-7-14)22-15-8-10-24(11-9-15)20(26)16-4-2-3-5-17(16)25/h2-5,12,14-15,25H,6-11H2,1H3,(H,21,22,23). The maximum Gasteiger partial charge on any atom is 0.257 e. The Balaban J connectivity index is 1.37. The van der Waals surface area contributed by atoms with Crippen LogP contribution in [-0.4, -0.2) is 45.0 Å². The lowest BCUT2D eigenvalue weighted by atomic mass is 10.0. The Morgan fingerprint density at radius 3 is 2.58 bits per heavy atom. The van der Waals surface area contributed by atoms with Crippen molar-refractivity contribution in [2.45, 2.75) is 44.6 Å². The summed E-state index contributed by atoms with van der Waals surface area (Å²) < 4.78 is 0. The predicted molar refractivity (Wildman–Crippen MR) is 99.4 cm³/mol. The maximum atomic E-state index is 12.6. The van der Waals surface area contributed by atoms with Crippen LogP contribution < -0.4 is 5.32 Å². The number of phenols is 1. The maximum absolute atomic E-state index is 12.6. The third-order valence-corrected chi connectivity index (χ3v) is 5.08. The summed E-state index contributed by atoms with van der Waals surface area (Å²) in [6.45, 7) is 3.35. The number of amides is 1. The number of likely N-dealkylation sites (tertiary alicyclic amines) is 1. The van der Waals surface area contributed by atoms with Gasteiger partial charge in [-0.2, -0.15) is 0 Å². The first kappa shape index (κ1) is 16.8. The van der Waals surface area contributed by atoms with Crippen LogP contribution in [0.5, 0.6) is 5.75 Å². The van der Waals surface area contributed by atoms with Gasteiger partial charge < -0.3 is 15.3 Å². The van der Waals surface area contributed by atoms with Gasteiger partial charge in [-0.05, 0) is 44.7 Å². The molecule has 6 nitrogen and oxygen atoms in total. The number of hydrogen-bond donors (Lipinski definition) is 2. The average Bonchev–Trinajstić information content (AvgIpc) is 3.47. The van der Waals surface area contributed by atoms with Crippen molar-refractivity contribution in [1.29, 1.82) is 0 Å². The summed E-state index contributed by atoms with van der Waals surface area (Å²) in [5, 5.41) is 13.4. The number of aryl methyl sites for hydroxylation is 1. The Bertz CT molecular complexity index is 811. The summed E-state index contributed by atoms with van der Waals surface area (Å²) in [5.74, 6) is 2.33. The van der Waals surface area contributed by atoms with Crippen LogP contribution in [0.4, 0.5) is 5.82 Å². The highest BCUT2D eigenvalue weighted by Gasteiger charge is 2.28. The average molecular weight is 352 g/mol. The van der Waals surface area contributed by atoms with Gasteiger partial charge >= 0.3 is 0 Å². The Labute approximate surface area is 153 Å². The number of rotatable bonds is 4. The van der Waals surface area contributed by atoms with Crippen molar-refractivity contribution in [3.8, 4) is 5.75 Å². The van der Waals surface area contributed by atoms with Gasteiger partial charge in [0.05, 0.1) is 5.56 Å². The number of piperidine rings is 1. The summed E-state index contributed by atoms with van der Waals surface area (Å²) in [7, 11) is 0. The van der Waals surface area contributed by atoms with Crippen molar-refractivity contribution in [3.63, 3.8) is 0 Å². The van der Waals surface area contributed by atoms with E-state index in [0.29, 0.717) is 30.6 Å². The molecule has 1 aliphatic heterocycles. The Morgan fingerprint density at radius 1 is 1.15 bits per heavy atom. The van der Waals surface area contributed by atoms with E-state index in [2.05, 4.69) is 15.3 Å². The van der Waals surface area contributed by atoms with Gasteiger partial charge in [-0.15, -0.1) is 0 Å². The first-order chi connectivity index (χ1) is 12.6. The van der Waals surface area contributed by atoms with Gasteiger partial charge in [0, 0.05) is 36.8 Å². The second-order valence-corrected chi connectivity index (χ2v) is 7.25. The van der Waals surface area contributed by atoms with E-state index < -0.39 is 0 Å². The predicted octanol–water partition coefficient (Wildman–Crippen LogP) is 3.08. The Hall–Kier alpha value is -2.63. The minimum atomic E-state index is -0.101. The number of hydrogen-bond acceptors (Lipinski definition) is 5. The number of nitrogens with zero attached hydrogens (tertiary/aromatic N) is 3. The molecular weight excluding hydrogens is 328 g/mol. The summed E-state index contributed by atoms with van der Waals surface area (Å²) >= 11 is 0. The van der Waals surface area contributed by atoms with Gasteiger partial charge in [0.25, 0.3) is 5.91 Å². The Kier molecular flexibility index (Phi) is 4.49. The van der Waals surface area contributed by atoms with Crippen molar-refractivity contribution >= 4 is 11.7 Å². The van der Waals surface area contributed by atoms with Gasteiger partial charge in [-0.1, -0.05) is 12.1 Å². The molecule has 2 fully saturated rings. The number of aromatic hydroxyl groups is 1. The van der Waals surface area contributed by atoms with Gasteiger partial charge in [0.15, 0.2) is 0 Å². The van der Waals surface area contributed by atoms with Crippen molar-refractivity contribution in [2.75, 3.05) is 18.4 Å². The summed E-state index contributed by atoms with van der Waals surface area (Å²) in [6, 6.07) is 9.01. The van der Waals surface area contributed by atoms with Crippen molar-refractivity contribution in [1.82, 2.24) is 14.9 Å². The van der Waals surface area contributed by atoms with Crippen LogP contribution in [-0.2, 0) is 0 Å². The number of aromatic nitrogens is 2. The zero-order valence-corrected chi connectivity index (χ0v) is 15.0. The van der Waals surface area contributed by atoms with Crippen LogP contribution in [0.25, 0.3) is 0 Å². The number of carbonyl (C=O) groups is 1. The zero-order valence-electron chi connectivity index (χ0n) is 15.0. The number of benzene rings is 1. The van der Waals surface area contributed by atoms with E-state index in [4.69, 9.17) is 0 Å². The molecule has 1 saturated heterocycles. The largest absolute Gasteiger partial charge is 0.507 e. The number of phenolic OH excluding ortho intramolecular Hbond substituents is 1. The molecule has 0 radical (unpaired) electrons. The van der Waals surface area contributed by atoms with Crippen molar-refractivity contribution in [3.05, 3.63) is 47.4 Å². The molecule has 4 rings (SSSR count). The molecule has 0 unspecified atom stereocenters. The molecule has 1 aromatic heterocycles. The van der Waals surface area contributed by atoms with Crippen molar-refractivity contribution < 1.29 is 9.90 Å².